The van der Waals surface area contributed by atoms with Crippen LogP contribution < -0.4 is 5.32 Å². The minimum absolute atomic E-state index is 0.0629. The van der Waals surface area contributed by atoms with E-state index in [0.29, 0.717) is 6.61 Å². The molecule has 1 rings (SSSR count). The van der Waals surface area contributed by atoms with Crippen molar-refractivity contribution in [2.45, 2.75) is 6.04 Å². The number of thiazole rings is 1. The quantitative estimate of drug-likeness (QED) is 0.656. The Balaban J connectivity index is 2.35. The number of rotatable bonds is 6. The third-order valence-electron chi connectivity index (χ3n) is 1.69. The predicted molar refractivity (Wildman–Crippen MR) is 51.8 cm³/mol. The molecule has 5 heteroatoms. The average Bonchev–Trinajstić information content (AvgIpc) is 2.65. The van der Waals surface area contributed by atoms with E-state index in [1.165, 1.54) is 11.3 Å². The minimum atomic E-state index is -0.0681. The summed E-state index contributed by atoms with van der Waals surface area (Å²) in [6.45, 7) is 1.42. The van der Waals surface area contributed by atoms with Crippen molar-refractivity contribution in [2.24, 2.45) is 0 Å². The third kappa shape index (κ3) is 3.40. The van der Waals surface area contributed by atoms with Crippen LogP contribution >= 0.6 is 11.3 Å². The Morgan fingerprint density at radius 3 is 3.15 bits per heavy atom. The first-order valence-corrected chi connectivity index (χ1v) is 5.04. The molecule has 74 valence electrons. The van der Waals surface area contributed by atoms with Crippen LogP contribution in [0.2, 0.25) is 0 Å². The van der Waals surface area contributed by atoms with Crippen LogP contribution in [-0.4, -0.2) is 37.0 Å². The van der Waals surface area contributed by atoms with E-state index in [0.717, 1.165) is 12.2 Å². The lowest BCUT2D eigenvalue weighted by atomic mass is 10.2. The maximum atomic E-state index is 9.06. The Morgan fingerprint density at radius 1 is 1.77 bits per heavy atom. The van der Waals surface area contributed by atoms with Crippen LogP contribution in [-0.2, 0) is 4.74 Å². The van der Waals surface area contributed by atoms with Gasteiger partial charge in [-0.25, -0.2) is 4.98 Å². The maximum absolute atomic E-state index is 9.06. The topological polar surface area (TPSA) is 54.4 Å². The second-order valence-corrected chi connectivity index (χ2v) is 3.31. The first-order valence-electron chi connectivity index (χ1n) is 4.09. The lowest BCUT2D eigenvalue weighted by Gasteiger charge is -2.13. The zero-order chi connectivity index (χ0) is 9.52. The molecule has 1 aromatic rings. The van der Waals surface area contributed by atoms with E-state index in [1.54, 1.807) is 12.6 Å². The highest BCUT2D eigenvalue weighted by Gasteiger charge is 2.10. The van der Waals surface area contributed by atoms with Gasteiger partial charge in [-0.05, 0) is 0 Å². The molecule has 0 spiro atoms. The predicted octanol–water partition coefficient (Wildman–Crippen LogP) is 0.412. The molecule has 0 aliphatic carbocycles. The van der Waals surface area contributed by atoms with Gasteiger partial charge in [-0.2, -0.15) is 0 Å². The molecule has 4 nitrogen and oxygen atoms in total. The Morgan fingerprint density at radius 2 is 2.62 bits per heavy atom. The second-order valence-electron chi connectivity index (χ2n) is 2.60. The van der Waals surface area contributed by atoms with Crippen LogP contribution in [0.4, 0.5) is 0 Å². The van der Waals surface area contributed by atoms with E-state index in [1.807, 2.05) is 5.38 Å². The van der Waals surface area contributed by atoms with E-state index < -0.39 is 0 Å². The van der Waals surface area contributed by atoms with E-state index in [2.05, 4.69) is 10.3 Å². The molecule has 1 unspecified atom stereocenters. The zero-order valence-electron chi connectivity index (χ0n) is 7.56. The van der Waals surface area contributed by atoms with Gasteiger partial charge in [-0.15, -0.1) is 11.3 Å². The molecule has 0 radical (unpaired) electrons. The van der Waals surface area contributed by atoms with Crippen LogP contribution in [0, 0.1) is 0 Å². The second kappa shape index (κ2) is 6.04. The summed E-state index contributed by atoms with van der Waals surface area (Å²) in [4.78, 5) is 4.12. The molecule has 2 N–H and O–H groups in total. The number of hydrogen-bond acceptors (Lipinski definition) is 5. The van der Waals surface area contributed by atoms with Crippen LogP contribution in [0.3, 0.4) is 0 Å². The summed E-state index contributed by atoms with van der Waals surface area (Å²) < 4.78 is 4.89. The van der Waals surface area contributed by atoms with Crippen LogP contribution in [0.25, 0.3) is 0 Å². The molecular formula is C8H14N2O2S. The number of nitrogens with one attached hydrogen (secondary N) is 1. The van der Waals surface area contributed by atoms with Crippen LogP contribution in [0.15, 0.2) is 10.9 Å². The summed E-state index contributed by atoms with van der Waals surface area (Å²) in [6.07, 6.45) is 0. The van der Waals surface area contributed by atoms with E-state index in [-0.39, 0.29) is 12.6 Å². The normalized spacial score (nSPS) is 13.1. The van der Waals surface area contributed by atoms with Crippen molar-refractivity contribution < 1.29 is 9.84 Å². The van der Waals surface area contributed by atoms with Gasteiger partial charge in [0.15, 0.2) is 0 Å². The van der Waals surface area contributed by atoms with Crippen molar-refractivity contribution in [3.8, 4) is 0 Å². The lowest BCUT2D eigenvalue weighted by molar-refractivity contribution is 0.183. The van der Waals surface area contributed by atoms with Crippen molar-refractivity contribution in [1.29, 1.82) is 0 Å². The highest BCUT2D eigenvalue weighted by Crippen LogP contribution is 2.11. The summed E-state index contributed by atoms with van der Waals surface area (Å²) in [5, 5.41) is 14.1. The Labute approximate surface area is 81.6 Å². The number of nitrogens with zero attached hydrogens (tertiary/aromatic N) is 1. The first-order chi connectivity index (χ1) is 6.38. The van der Waals surface area contributed by atoms with Gasteiger partial charge in [0.2, 0.25) is 0 Å². The largest absolute Gasteiger partial charge is 0.394 e. The molecule has 1 atom stereocenters. The number of ether oxygens (including phenoxy) is 1. The molecule has 0 aliphatic heterocycles. The van der Waals surface area contributed by atoms with E-state index in [9.17, 15) is 0 Å². The van der Waals surface area contributed by atoms with Crippen LogP contribution in [0.1, 0.15) is 11.7 Å². The van der Waals surface area contributed by atoms with Crippen LogP contribution in [0.5, 0.6) is 0 Å². The van der Waals surface area contributed by atoms with Crippen molar-refractivity contribution in [1.82, 2.24) is 10.3 Å². The monoisotopic (exact) mass is 202 g/mol. The summed E-state index contributed by atoms with van der Waals surface area (Å²) in [7, 11) is 1.65. The summed E-state index contributed by atoms with van der Waals surface area (Å²) in [5.41, 5.74) is 2.65. The SMILES string of the molecule is COCCNC(CO)c1cscn1. The van der Waals surface area contributed by atoms with Gasteiger partial charge in [0.05, 0.1) is 30.5 Å². The van der Waals surface area contributed by atoms with Crippen molar-refractivity contribution in [2.75, 3.05) is 26.9 Å². The minimum Gasteiger partial charge on any atom is -0.394 e. The van der Waals surface area contributed by atoms with E-state index >= 15 is 0 Å². The van der Waals surface area contributed by atoms with E-state index in [4.69, 9.17) is 9.84 Å². The average molecular weight is 202 g/mol. The van der Waals surface area contributed by atoms with Gasteiger partial charge < -0.3 is 15.2 Å². The zero-order valence-corrected chi connectivity index (χ0v) is 8.38. The first kappa shape index (κ1) is 10.6. The summed E-state index contributed by atoms with van der Waals surface area (Å²) in [5.74, 6) is 0. The van der Waals surface area contributed by atoms with Gasteiger partial charge in [0, 0.05) is 19.0 Å². The highest BCUT2D eigenvalue weighted by molar-refractivity contribution is 7.07. The highest BCUT2D eigenvalue weighted by atomic mass is 32.1. The molecule has 1 heterocycles. The summed E-state index contributed by atoms with van der Waals surface area (Å²) >= 11 is 1.53. The molecule has 13 heavy (non-hydrogen) atoms. The fourth-order valence-electron chi connectivity index (χ4n) is 0.992. The fourth-order valence-corrected chi connectivity index (χ4v) is 1.60. The Hall–Kier alpha value is -0.490. The number of hydrogen-bond donors (Lipinski definition) is 2. The molecule has 0 amide bonds. The maximum Gasteiger partial charge on any atom is 0.0795 e. The van der Waals surface area contributed by atoms with Crippen molar-refractivity contribution in [3.63, 3.8) is 0 Å². The van der Waals surface area contributed by atoms with Crippen molar-refractivity contribution >= 4 is 11.3 Å². The molecular weight excluding hydrogens is 188 g/mol. The number of aliphatic hydroxyl groups excluding tert-OH is 1. The van der Waals surface area contributed by atoms with Gasteiger partial charge >= 0.3 is 0 Å². The molecule has 0 bridgehead atoms. The molecule has 0 fully saturated rings. The Bertz CT molecular complexity index is 216. The van der Waals surface area contributed by atoms with Gasteiger partial charge in [0.1, 0.15) is 0 Å². The Kier molecular flexibility index (Phi) is 4.92. The number of aliphatic hydroxyl groups is 1. The van der Waals surface area contributed by atoms with Crippen molar-refractivity contribution in [3.05, 3.63) is 16.6 Å². The van der Waals surface area contributed by atoms with Gasteiger partial charge in [-0.1, -0.05) is 0 Å². The number of aromatic nitrogens is 1. The standard InChI is InChI=1S/C8H14N2O2S/c1-12-3-2-9-7(4-11)8-5-13-6-10-8/h5-7,9,11H,2-4H2,1H3. The third-order valence-corrected chi connectivity index (χ3v) is 2.29. The molecule has 1 aromatic heterocycles. The molecule has 0 saturated carbocycles. The lowest BCUT2D eigenvalue weighted by Crippen LogP contribution is -2.27. The van der Waals surface area contributed by atoms with Gasteiger partial charge in [-0.3, -0.25) is 0 Å². The molecule has 0 aliphatic rings. The van der Waals surface area contributed by atoms with Gasteiger partial charge in [0.25, 0.3) is 0 Å². The molecule has 0 aromatic carbocycles. The number of methoxy groups -OCH3 is 1. The summed E-state index contributed by atoms with van der Waals surface area (Å²) in [6, 6.07) is -0.0681. The smallest absolute Gasteiger partial charge is 0.0795 e. The fraction of sp³-hybridized carbons (Fsp3) is 0.625. The molecule has 0 saturated heterocycles.